The maximum absolute atomic E-state index is 11.6. The molecule has 0 aromatic carbocycles. The van der Waals surface area contributed by atoms with Crippen molar-refractivity contribution in [2.45, 2.75) is 18.9 Å². The summed E-state index contributed by atoms with van der Waals surface area (Å²) in [5.74, 6) is 0.779. The molecule has 1 aromatic heterocycles. The average Bonchev–Trinajstić information content (AvgIpc) is 2.77. The summed E-state index contributed by atoms with van der Waals surface area (Å²) >= 11 is 3.09. The number of hydrogen-bond donors (Lipinski definition) is 2. The van der Waals surface area contributed by atoms with Crippen molar-refractivity contribution in [3.8, 4) is 0 Å². The number of amides is 1. The second-order valence-electron chi connectivity index (χ2n) is 3.90. The second-order valence-corrected chi connectivity index (χ2v) is 5.83. The van der Waals surface area contributed by atoms with Gasteiger partial charge in [0.2, 0.25) is 0 Å². The quantitative estimate of drug-likeness (QED) is 0.821. The van der Waals surface area contributed by atoms with E-state index in [1.165, 1.54) is 11.3 Å². The third kappa shape index (κ3) is 4.55. The molecule has 0 spiro atoms. The zero-order valence-corrected chi connectivity index (χ0v) is 11.2. The van der Waals surface area contributed by atoms with Crippen LogP contribution < -0.4 is 5.32 Å². The van der Waals surface area contributed by atoms with Gasteiger partial charge in [0.25, 0.3) is 5.91 Å². The molecule has 0 unspecified atom stereocenters. The van der Waals surface area contributed by atoms with E-state index in [1.807, 2.05) is 17.7 Å². The molecule has 1 atom stereocenters. The van der Waals surface area contributed by atoms with Crippen molar-refractivity contribution in [1.29, 1.82) is 0 Å². The lowest BCUT2D eigenvalue weighted by molar-refractivity contribution is 0.0529. The smallest absolute Gasteiger partial charge is 0.261 e. The molecule has 16 heavy (non-hydrogen) atoms. The van der Waals surface area contributed by atoms with E-state index >= 15 is 0 Å². The second kappa shape index (κ2) is 6.27. The summed E-state index contributed by atoms with van der Waals surface area (Å²) in [6.45, 7) is 2.04. The Morgan fingerprint density at radius 3 is 3.00 bits per heavy atom. The van der Waals surface area contributed by atoms with E-state index in [-0.39, 0.29) is 5.91 Å². The van der Waals surface area contributed by atoms with Crippen LogP contribution in [0.3, 0.4) is 0 Å². The topological polar surface area (TPSA) is 49.3 Å². The van der Waals surface area contributed by atoms with Gasteiger partial charge in [0.15, 0.2) is 0 Å². The lowest BCUT2D eigenvalue weighted by atomic mass is 10.0. The van der Waals surface area contributed by atoms with Crippen molar-refractivity contribution in [3.63, 3.8) is 0 Å². The Morgan fingerprint density at radius 1 is 1.69 bits per heavy atom. The number of carbonyl (C=O) groups excluding carboxylic acids is 1. The van der Waals surface area contributed by atoms with Gasteiger partial charge in [-0.3, -0.25) is 4.79 Å². The molecule has 1 rings (SSSR count). The lowest BCUT2D eigenvalue weighted by Gasteiger charge is -2.23. The monoisotopic (exact) mass is 259 g/mol. The summed E-state index contributed by atoms with van der Waals surface area (Å²) < 4.78 is 0. The van der Waals surface area contributed by atoms with Crippen LogP contribution in [0.5, 0.6) is 0 Å². The first-order chi connectivity index (χ1) is 7.55. The van der Waals surface area contributed by atoms with Crippen LogP contribution in [0.4, 0.5) is 0 Å². The number of hydrogen-bond acceptors (Lipinski definition) is 4. The van der Waals surface area contributed by atoms with Crippen molar-refractivity contribution in [2.24, 2.45) is 0 Å². The van der Waals surface area contributed by atoms with Gasteiger partial charge in [-0.2, -0.15) is 11.8 Å². The van der Waals surface area contributed by atoms with E-state index in [9.17, 15) is 9.90 Å². The van der Waals surface area contributed by atoms with Crippen LogP contribution in [0.25, 0.3) is 0 Å². The summed E-state index contributed by atoms with van der Waals surface area (Å²) in [5, 5.41) is 14.6. The lowest BCUT2D eigenvalue weighted by Crippen LogP contribution is -2.40. The molecule has 0 saturated heterocycles. The van der Waals surface area contributed by atoms with Gasteiger partial charge in [-0.25, -0.2) is 0 Å². The van der Waals surface area contributed by atoms with E-state index in [0.29, 0.717) is 17.8 Å². The highest BCUT2D eigenvalue weighted by atomic mass is 32.2. The number of nitrogens with one attached hydrogen (secondary N) is 1. The zero-order chi connectivity index (χ0) is 12.0. The molecule has 0 saturated carbocycles. The van der Waals surface area contributed by atoms with Gasteiger partial charge in [0, 0.05) is 6.54 Å². The zero-order valence-electron chi connectivity index (χ0n) is 9.53. The maximum Gasteiger partial charge on any atom is 0.261 e. The highest BCUT2D eigenvalue weighted by molar-refractivity contribution is 7.98. The predicted octanol–water partition coefficient (Wildman–Crippen LogP) is 1.98. The predicted molar refractivity (Wildman–Crippen MR) is 70.3 cm³/mol. The largest absolute Gasteiger partial charge is 0.388 e. The first-order valence-electron chi connectivity index (χ1n) is 5.08. The van der Waals surface area contributed by atoms with Crippen LogP contribution in [0.15, 0.2) is 17.5 Å². The van der Waals surface area contributed by atoms with Gasteiger partial charge in [0.05, 0.1) is 10.5 Å². The molecule has 1 heterocycles. The van der Waals surface area contributed by atoms with Gasteiger partial charge in [-0.15, -0.1) is 11.3 Å². The third-order valence-corrected chi connectivity index (χ3v) is 3.70. The maximum atomic E-state index is 11.6. The Bertz CT molecular complexity index is 323. The summed E-state index contributed by atoms with van der Waals surface area (Å²) in [6.07, 6.45) is 2.68. The number of carbonyl (C=O) groups is 1. The molecule has 0 aliphatic rings. The molecule has 3 nitrogen and oxygen atoms in total. The SMILES string of the molecule is CSCC[C@@](C)(O)CNC(=O)c1cccs1. The number of thioether (sulfide) groups is 1. The molecule has 0 fully saturated rings. The highest BCUT2D eigenvalue weighted by Crippen LogP contribution is 2.13. The number of thiophene rings is 1. The van der Waals surface area contributed by atoms with Crippen LogP contribution in [-0.4, -0.2) is 35.2 Å². The standard InChI is InChI=1S/C11H17NO2S2/c1-11(14,5-7-15-2)8-12-10(13)9-4-3-6-16-9/h3-4,6,14H,5,7-8H2,1-2H3,(H,12,13)/t11-/m1/s1. The van der Waals surface area contributed by atoms with Crippen molar-refractivity contribution < 1.29 is 9.90 Å². The minimum absolute atomic E-state index is 0.112. The molecule has 2 N–H and O–H groups in total. The van der Waals surface area contributed by atoms with Crippen LogP contribution in [0.1, 0.15) is 23.0 Å². The summed E-state index contributed by atoms with van der Waals surface area (Å²) in [6, 6.07) is 3.61. The third-order valence-electron chi connectivity index (χ3n) is 2.22. The van der Waals surface area contributed by atoms with Gasteiger partial charge < -0.3 is 10.4 Å². The van der Waals surface area contributed by atoms with Crippen LogP contribution >= 0.6 is 23.1 Å². The highest BCUT2D eigenvalue weighted by Gasteiger charge is 2.21. The van der Waals surface area contributed by atoms with E-state index in [1.54, 1.807) is 24.8 Å². The fourth-order valence-corrected chi connectivity index (χ4v) is 2.46. The molecule has 90 valence electrons. The first kappa shape index (κ1) is 13.5. The van der Waals surface area contributed by atoms with Crippen LogP contribution in [0, 0.1) is 0 Å². The molecule has 1 amide bonds. The molecule has 0 aliphatic heterocycles. The van der Waals surface area contributed by atoms with Gasteiger partial charge >= 0.3 is 0 Å². The van der Waals surface area contributed by atoms with E-state index < -0.39 is 5.60 Å². The molecular formula is C11H17NO2S2. The Hall–Kier alpha value is -0.520. The summed E-state index contributed by atoms with van der Waals surface area (Å²) in [4.78, 5) is 12.3. The molecule has 0 aliphatic carbocycles. The molecule has 1 aromatic rings. The van der Waals surface area contributed by atoms with E-state index in [0.717, 1.165) is 5.75 Å². The van der Waals surface area contributed by atoms with Gasteiger partial charge in [-0.05, 0) is 36.8 Å². The Kier molecular flexibility index (Phi) is 5.31. The fraction of sp³-hybridized carbons (Fsp3) is 0.545. The van der Waals surface area contributed by atoms with E-state index in [4.69, 9.17) is 0 Å². The van der Waals surface area contributed by atoms with Crippen molar-refractivity contribution in [1.82, 2.24) is 5.32 Å². The minimum Gasteiger partial charge on any atom is -0.388 e. The van der Waals surface area contributed by atoms with Crippen molar-refractivity contribution >= 4 is 29.0 Å². The molecule has 0 bridgehead atoms. The minimum atomic E-state index is -0.823. The average molecular weight is 259 g/mol. The fourth-order valence-electron chi connectivity index (χ4n) is 1.18. The Labute approximate surface area is 104 Å². The van der Waals surface area contributed by atoms with Gasteiger partial charge in [0.1, 0.15) is 0 Å². The number of rotatable bonds is 6. The van der Waals surface area contributed by atoms with E-state index in [2.05, 4.69) is 5.32 Å². The molecular weight excluding hydrogens is 242 g/mol. The Balaban J connectivity index is 2.36. The van der Waals surface area contributed by atoms with Crippen molar-refractivity contribution in [3.05, 3.63) is 22.4 Å². The van der Waals surface area contributed by atoms with Crippen LogP contribution in [-0.2, 0) is 0 Å². The normalized spacial score (nSPS) is 14.4. The summed E-state index contributed by atoms with van der Waals surface area (Å²) in [5.41, 5.74) is -0.823. The Morgan fingerprint density at radius 2 is 2.44 bits per heavy atom. The van der Waals surface area contributed by atoms with Gasteiger partial charge in [-0.1, -0.05) is 6.07 Å². The van der Waals surface area contributed by atoms with Crippen LogP contribution in [0.2, 0.25) is 0 Å². The molecule has 0 radical (unpaired) electrons. The summed E-state index contributed by atoms with van der Waals surface area (Å²) in [7, 11) is 0. The number of aliphatic hydroxyl groups is 1. The van der Waals surface area contributed by atoms with Crippen molar-refractivity contribution in [2.75, 3.05) is 18.6 Å². The first-order valence-corrected chi connectivity index (χ1v) is 7.35. The molecule has 5 heteroatoms.